The van der Waals surface area contributed by atoms with Crippen LogP contribution in [0.15, 0.2) is 0 Å². The molecule has 3 aliphatic heterocycles. The average molecular weight is 472 g/mol. The predicted molar refractivity (Wildman–Crippen MR) is 98.5 cm³/mol. The number of aliphatic hydroxyl groups is 9. The molecule has 0 spiro atoms. The molecule has 0 bridgehead atoms. The Morgan fingerprint density at radius 3 is 1.88 bits per heavy atom. The highest BCUT2D eigenvalue weighted by molar-refractivity contribution is 4.95. The van der Waals surface area contributed by atoms with Crippen LogP contribution in [0.5, 0.6) is 0 Å². The van der Waals surface area contributed by atoms with Gasteiger partial charge in [-0.05, 0) is 6.92 Å². The van der Waals surface area contributed by atoms with Crippen LogP contribution < -0.4 is 0 Å². The van der Waals surface area contributed by atoms with E-state index in [1.54, 1.807) is 6.92 Å². The highest BCUT2D eigenvalue weighted by Crippen LogP contribution is 2.32. The highest BCUT2D eigenvalue weighted by Gasteiger charge is 2.52. The monoisotopic (exact) mass is 472 g/mol. The number of aliphatic hydroxyl groups excluding tert-OH is 9. The molecule has 3 fully saturated rings. The fourth-order valence-corrected chi connectivity index (χ4v) is 3.91. The van der Waals surface area contributed by atoms with Crippen molar-refractivity contribution in [2.75, 3.05) is 13.2 Å². The van der Waals surface area contributed by atoms with Crippen molar-refractivity contribution < 1.29 is 69.6 Å². The van der Waals surface area contributed by atoms with Gasteiger partial charge in [0.1, 0.15) is 54.9 Å². The van der Waals surface area contributed by atoms with Crippen LogP contribution >= 0.6 is 0 Å². The fourth-order valence-electron chi connectivity index (χ4n) is 3.91. The summed E-state index contributed by atoms with van der Waals surface area (Å²) in [7, 11) is 0. The lowest BCUT2D eigenvalue weighted by Crippen LogP contribution is -2.65. The number of hydrogen-bond acceptors (Lipinski definition) is 14. The lowest BCUT2D eigenvalue weighted by atomic mass is 9.96. The third kappa shape index (κ3) is 5.24. The molecule has 188 valence electrons. The lowest BCUT2D eigenvalue weighted by Gasteiger charge is -2.47. The molecular weight excluding hydrogens is 440 g/mol. The first-order valence-electron chi connectivity index (χ1n) is 10.3. The first kappa shape index (κ1) is 26.1. The molecule has 14 nitrogen and oxygen atoms in total. The summed E-state index contributed by atoms with van der Waals surface area (Å²) in [6.45, 7) is 0.126. The van der Waals surface area contributed by atoms with Gasteiger partial charge in [-0.1, -0.05) is 0 Å². The zero-order valence-corrected chi connectivity index (χ0v) is 17.3. The van der Waals surface area contributed by atoms with Crippen molar-refractivity contribution in [1.82, 2.24) is 0 Å². The maximum atomic E-state index is 10.6. The minimum Gasteiger partial charge on any atom is -0.394 e. The summed E-state index contributed by atoms with van der Waals surface area (Å²) in [6, 6.07) is 0. The van der Waals surface area contributed by atoms with Crippen molar-refractivity contribution in [2.45, 2.75) is 99.4 Å². The molecule has 3 rings (SSSR count). The molecule has 9 N–H and O–H groups in total. The van der Waals surface area contributed by atoms with Crippen molar-refractivity contribution in [3.63, 3.8) is 0 Å². The second-order valence-corrected chi connectivity index (χ2v) is 8.22. The van der Waals surface area contributed by atoms with E-state index >= 15 is 0 Å². The smallest absolute Gasteiger partial charge is 0.187 e. The normalized spacial score (nSPS) is 52.7. The summed E-state index contributed by atoms with van der Waals surface area (Å²) < 4.78 is 27.0. The van der Waals surface area contributed by atoms with E-state index in [4.69, 9.17) is 23.7 Å². The lowest BCUT2D eigenvalue weighted by molar-refractivity contribution is -0.382. The van der Waals surface area contributed by atoms with E-state index in [-0.39, 0.29) is 6.42 Å². The Kier molecular flexibility index (Phi) is 8.79. The van der Waals surface area contributed by atoms with Gasteiger partial charge in [-0.3, -0.25) is 0 Å². The Morgan fingerprint density at radius 2 is 1.25 bits per heavy atom. The fraction of sp³-hybridized carbons (Fsp3) is 1.00. The van der Waals surface area contributed by atoms with Crippen LogP contribution in [-0.4, -0.2) is 145 Å². The number of ether oxygens (including phenoxy) is 5. The first-order valence-corrected chi connectivity index (χ1v) is 10.3. The predicted octanol–water partition coefficient (Wildman–Crippen LogP) is -5.52. The molecule has 14 atom stereocenters. The molecule has 3 saturated heterocycles. The van der Waals surface area contributed by atoms with E-state index in [0.29, 0.717) is 0 Å². The minimum atomic E-state index is -1.82. The van der Waals surface area contributed by atoms with Crippen LogP contribution in [0.4, 0.5) is 0 Å². The second-order valence-electron chi connectivity index (χ2n) is 8.22. The molecule has 3 aliphatic rings. The molecule has 0 aromatic rings. The number of rotatable bonds is 6. The summed E-state index contributed by atoms with van der Waals surface area (Å²) in [4.78, 5) is 0. The Morgan fingerprint density at radius 1 is 0.656 bits per heavy atom. The third-order valence-corrected chi connectivity index (χ3v) is 5.94. The quantitative estimate of drug-likeness (QED) is 0.176. The molecule has 1 unspecified atom stereocenters. The van der Waals surface area contributed by atoms with Crippen molar-refractivity contribution >= 4 is 0 Å². The average Bonchev–Trinajstić information content (AvgIpc) is 2.76. The Bertz CT molecular complexity index is 594. The van der Waals surface area contributed by atoms with E-state index in [9.17, 15) is 46.0 Å². The molecule has 0 aromatic heterocycles. The highest BCUT2D eigenvalue weighted by atomic mass is 16.8. The van der Waals surface area contributed by atoms with Crippen LogP contribution in [-0.2, 0) is 23.7 Å². The third-order valence-electron chi connectivity index (χ3n) is 5.94. The Balaban J connectivity index is 1.79. The summed E-state index contributed by atoms with van der Waals surface area (Å²) in [6.07, 6.45) is -20.4. The topological polar surface area (TPSA) is 228 Å². The van der Waals surface area contributed by atoms with Gasteiger partial charge in [-0.2, -0.15) is 0 Å². The Labute approximate surface area is 183 Å². The second kappa shape index (κ2) is 10.8. The van der Waals surface area contributed by atoms with Crippen LogP contribution in [0.2, 0.25) is 0 Å². The van der Waals surface area contributed by atoms with Crippen molar-refractivity contribution in [3.05, 3.63) is 0 Å². The molecule has 0 amide bonds. The van der Waals surface area contributed by atoms with Gasteiger partial charge in [0.2, 0.25) is 0 Å². The minimum absolute atomic E-state index is 0.0879. The number of hydrogen-bond donors (Lipinski definition) is 9. The Hall–Kier alpha value is -0.560. The maximum Gasteiger partial charge on any atom is 0.187 e. The van der Waals surface area contributed by atoms with Gasteiger partial charge in [0.25, 0.3) is 0 Å². The van der Waals surface area contributed by atoms with Crippen LogP contribution in [0.1, 0.15) is 13.3 Å². The summed E-state index contributed by atoms with van der Waals surface area (Å²) in [5, 5.41) is 89.9. The van der Waals surface area contributed by atoms with E-state index in [2.05, 4.69) is 0 Å². The van der Waals surface area contributed by atoms with Gasteiger partial charge in [-0.25, -0.2) is 0 Å². The van der Waals surface area contributed by atoms with E-state index in [1.165, 1.54) is 0 Å². The molecule has 0 radical (unpaired) electrons. The van der Waals surface area contributed by atoms with Gasteiger partial charge in [0.05, 0.1) is 25.4 Å². The summed E-state index contributed by atoms with van der Waals surface area (Å²) >= 11 is 0. The zero-order valence-electron chi connectivity index (χ0n) is 17.3. The van der Waals surface area contributed by atoms with Crippen molar-refractivity contribution in [3.8, 4) is 0 Å². The molecule has 3 heterocycles. The SMILES string of the molecule is C[C@H]1O[C@H](O[C@H]2[C@H](O)[C@@H](CO)OC(O)[C@H]2O[C@H]2O[C@H](CO)[C@H](O)[C@H](O)[C@H]2O)[C@H](O)C[C@H]1O. The molecule has 32 heavy (non-hydrogen) atoms. The van der Waals surface area contributed by atoms with E-state index < -0.39 is 99.2 Å². The molecular formula is C18H32O14. The maximum absolute atomic E-state index is 10.6. The molecule has 0 aliphatic carbocycles. The van der Waals surface area contributed by atoms with Crippen molar-refractivity contribution in [1.29, 1.82) is 0 Å². The zero-order chi connectivity index (χ0) is 23.7. The van der Waals surface area contributed by atoms with Crippen LogP contribution in [0, 0.1) is 0 Å². The first-order chi connectivity index (χ1) is 15.1. The molecule has 0 aromatic carbocycles. The summed E-state index contributed by atoms with van der Waals surface area (Å²) in [5.74, 6) is 0. The van der Waals surface area contributed by atoms with Gasteiger partial charge >= 0.3 is 0 Å². The largest absolute Gasteiger partial charge is 0.394 e. The summed E-state index contributed by atoms with van der Waals surface area (Å²) in [5.41, 5.74) is 0. The molecule has 14 heteroatoms. The van der Waals surface area contributed by atoms with Gasteiger partial charge < -0.3 is 69.6 Å². The standard InChI is InChI=1S/C18H32O14/c1-5-6(21)2-7(22)17(28-5)31-14-11(24)9(4-20)29-16(27)15(14)32-18-13(26)12(25)10(23)8(3-19)30-18/h5-27H,2-4H2,1H3/t5-,6-,7-,8-,9-,10+,11-,12+,13-,14+,15+,16?,17-,18-/m1/s1. The van der Waals surface area contributed by atoms with E-state index in [1.807, 2.05) is 0 Å². The van der Waals surface area contributed by atoms with Gasteiger partial charge in [0, 0.05) is 6.42 Å². The molecule has 0 saturated carbocycles. The van der Waals surface area contributed by atoms with Crippen LogP contribution in [0.3, 0.4) is 0 Å². The van der Waals surface area contributed by atoms with Gasteiger partial charge in [0.15, 0.2) is 18.9 Å². The van der Waals surface area contributed by atoms with Crippen LogP contribution in [0.25, 0.3) is 0 Å². The van der Waals surface area contributed by atoms with E-state index in [0.717, 1.165) is 0 Å². The van der Waals surface area contributed by atoms with Crippen molar-refractivity contribution in [2.24, 2.45) is 0 Å². The van der Waals surface area contributed by atoms with Gasteiger partial charge in [-0.15, -0.1) is 0 Å².